The Morgan fingerprint density at radius 3 is 2.65 bits per heavy atom. The molecule has 1 atom stereocenters. The Hall–Kier alpha value is -0.900. The molecule has 0 fully saturated rings. The van der Waals surface area contributed by atoms with Gasteiger partial charge in [0.05, 0.1) is 13.2 Å². The van der Waals surface area contributed by atoms with Crippen LogP contribution in [0, 0.1) is 0 Å². The second-order valence-corrected chi connectivity index (χ2v) is 4.49. The molecular weight excluding hydrogens is 212 g/mol. The van der Waals surface area contributed by atoms with Gasteiger partial charge in [0.1, 0.15) is 0 Å². The second-order valence-electron chi connectivity index (χ2n) is 4.49. The van der Waals surface area contributed by atoms with Gasteiger partial charge in [-0.3, -0.25) is 0 Å². The molecule has 0 saturated carbocycles. The number of rotatable bonds is 8. The predicted molar refractivity (Wildman–Crippen MR) is 72.1 cm³/mol. The zero-order chi connectivity index (χ0) is 12.5. The number of nitrogens with zero attached hydrogens (tertiary/aromatic N) is 1. The van der Waals surface area contributed by atoms with Crippen molar-refractivity contribution < 1.29 is 4.74 Å². The fourth-order valence-electron chi connectivity index (χ4n) is 1.63. The van der Waals surface area contributed by atoms with Gasteiger partial charge >= 0.3 is 0 Å². The van der Waals surface area contributed by atoms with Gasteiger partial charge in [0.25, 0.3) is 0 Å². The minimum absolute atomic E-state index is 0.522. The zero-order valence-corrected chi connectivity index (χ0v) is 11.1. The largest absolute Gasteiger partial charge is 0.375 e. The normalized spacial score (nSPS) is 12.9. The van der Waals surface area contributed by atoms with Crippen LogP contribution in [0.25, 0.3) is 0 Å². The van der Waals surface area contributed by atoms with Crippen LogP contribution in [-0.4, -0.2) is 44.7 Å². The van der Waals surface area contributed by atoms with E-state index < -0.39 is 0 Å². The van der Waals surface area contributed by atoms with E-state index in [0.717, 1.165) is 19.7 Å². The summed E-state index contributed by atoms with van der Waals surface area (Å²) in [7, 11) is 4.12. The van der Waals surface area contributed by atoms with E-state index >= 15 is 0 Å². The third-order valence-corrected chi connectivity index (χ3v) is 2.81. The molecule has 1 aromatic carbocycles. The lowest BCUT2D eigenvalue weighted by Gasteiger charge is -2.20. The van der Waals surface area contributed by atoms with Gasteiger partial charge in [0.2, 0.25) is 0 Å². The summed E-state index contributed by atoms with van der Waals surface area (Å²) in [6.45, 7) is 5.68. The van der Waals surface area contributed by atoms with Crippen molar-refractivity contribution in [1.29, 1.82) is 0 Å². The highest BCUT2D eigenvalue weighted by Gasteiger charge is 2.03. The van der Waals surface area contributed by atoms with E-state index in [0.29, 0.717) is 12.6 Å². The highest BCUT2D eigenvalue weighted by molar-refractivity contribution is 5.13. The quantitative estimate of drug-likeness (QED) is 0.696. The van der Waals surface area contributed by atoms with Crippen LogP contribution in [0.1, 0.15) is 12.5 Å². The van der Waals surface area contributed by atoms with Crippen molar-refractivity contribution in [3.05, 3.63) is 35.9 Å². The molecule has 0 bridgehead atoms. The average molecular weight is 236 g/mol. The van der Waals surface area contributed by atoms with E-state index in [1.54, 1.807) is 0 Å². The predicted octanol–water partition coefficient (Wildman–Crippen LogP) is 1.74. The Morgan fingerprint density at radius 2 is 2.00 bits per heavy atom. The number of hydrogen-bond acceptors (Lipinski definition) is 3. The molecule has 17 heavy (non-hydrogen) atoms. The molecule has 1 aromatic rings. The average Bonchev–Trinajstić information content (AvgIpc) is 2.36. The summed E-state index contributed by atoms with van der Waals surface area (Å²) in [6.07, 6.45) is 0. The lowest BCUT2D eigenvalue weighted by atomic mass is 10.2. The number of nitrogens with one attached hydrogen (secondary N) is 1. The summed E-state index contributed by atoms with van der Waals surface area (Å²) < 4.78 is 5.64. The maximum atomic E-state index is 5.64. The molecule has 1 rings (SSSR count). The van der Waals surface area contributed by atoms with Gasteiger partial charge in [-0.1, -0.05) is 30.3 Å². The highest BCUT2D eigenvalue weighted by atomic mass is 16.5. The van der Waals surface area contributed by atoms with Crippen molar-refractivity contribution in [3.8, 4) is 0 Å². The van der Waals surface area contributed by atoms with Gasteiger partial charge in [0, 0.05) is 19.1 Å². The molecule has 0 aromatic heterocycles. The Morgan fingerprint density at radius 1 is 1.29 bits per heavy atom. The van der Waals surface area contributed by atoms with E-state index in [4.69, 9.17) is 4.74 Å². The number of ether oxygens (including phenoxy) is 1. The van der Waals surface area contributed by atoms with Crippen LogP contribution in [0.4, 0.5) is 0 Å². The van der Waals surface area contributed by atoms with Crippen LogP contribution in [0.15, 0.2) is 30.3 Å². The topological polar surface area (TPSA) is 24.5 Å². The summed E-state index contributed by atoms with van der Waals surface area (Å²) in [5, 5.41) is 3.23. The third-order valence-electron chi connectivity index (χ3n) is 2.81. The first-order valence-electron chi connectivity index (χ1n) is 6.20. The number of likely N-dealkylation sites (N-methyl/N-ethyl adjacent to an activating group) is 2. The molecule has 0 saturated heterocycles. The molecule has 1 N–H and O–H groups in total. The fourth-order valence-corrected chi connectivity index (χ4v) is 1.63. The van der Waals surface area contributed by atoms with Gasteiger partial charge < -0.3 is 15.0 Å². The van der Waals surface area contributed by atoms with Crippen molar-refractivity contribution in [3.63, 3.8) is 0 Å². The van der Waals surface area contributed by atoms with Crippen molar-refractivity contribution in [2.75, 3.05) is 33.8 Å². The Balaban J connectivity index is 2.08. The van der Waals surface area contributed by atoms with E-state index in [1.807, 2.05) is 25.2 Å². The van der Waals surface area contributed by atoms with Crippen molar-refractivity contribution >= 4 is 0 Å². The van der Waals surface area contributed by atoms with Gasteiger partial charge in [-0.15, -0.1) is 0 Å². The van der Waals surface area contributed by atoms with Gasteiger partial charge in [-0.05, 0) is 26.6 Å². The first-order chi connectivity index (χ1) is 8.22. The number of hydrogen-bond donors (Lipinski definition) is 1. The molecule has 3 heteroatoms. The van der Waals surface area contributed by atoms with Crippen molar-refractivity contribution in [1.82, 2.24) is 10.2 Å². The molecule has 0 aliphatic carbocycles. The molecule has 96 valence electrons. The van der Waals surface area contributed by atoms with Crippen LogP contribution in [-0.2, 0) is 11.3 Å². The maximum absolute atomic E-state index is 5.64. The molecule has 0 radical (unpaired) electrons. The van der Waals surface area contributed by atoms with E-state index in [-0.39, 0.29) is 0 Å². The van der Waals surface area contributed by atoms with Crippen LogP contribution in [0.5, 0.6) is 0 Å². The van der Waals surface area contributed by atoms with Crippen molar-refractivity contribution in [2.24, 2.45) is 0 Å². The molecule has 0 aliphatic heterocycles. The lowest BCUT2D eigenvalue weighted by molar-refractivity contribution is 0.0978. The summed E-state index contributed by atoms with van der Waals surface area (Å²) in [5.74, 6) is 0. The van der Waals surface area contributed by atoms with Crippen LogP contribution in [0.2, 0.25) is 0 Å². The van der Waals surface area contributed by atoms with Crippen molar-refractivity contribution in [2.45, 2.75) is 19.6 Å². The zero-order valence-electron chi connectivity index (χ0n) is 11.1. The molecule has 3 nitrogen and oxygen atoms in total. The Kier molecular flexibility index (Phi) is 6.86. The Labute approximate surface area is 105 Å². The summed E-state index contributed by atoms with van der Waals surface area (Å²) in [6, 6.07) is 10.8. The van der Waals surface area contributed by atoms with Gasteiger partial charge in [-0.2, -0.15) is 0 Å². The van der Waals surface area contributed by atoms with E-state index in [9.17, 15) is 0 Å². The minimum atomic E-state index is 0.522. The monoisotopic (exact) mass is 236 g/mol. The second kappa shape index (κ2) is 8.23. The molecule has 0 aliphatic rings. The molecule has 0 heterocycles. The maximum Gasteiger partial charge on any atom is 0.0717 e. The summed E-state index contributed by atoms with van der Waals surface area (Å²) in [5.41, 5.74) is 1.23. The smallest absolute Gasteiger partial charge is 0.0717 e. The lowest BCUT2D eigenvalue weighted by Crippen LogP contribution is -2.36. The van der Waals surface area contributed by atoms with Gasteiger partial charge in [0.15, 0.2) is 0 Å². The van der Waals surface area contributed by atoms with E-state index in [1.165, 1.54) is 5.56 Å². The van der Waals surface area contributed by atoms with Crippen LogP contribution < -0.4 is 5.32 Å². The van der Waals surface area contributed by atoms with Crippen LogP contribution >= 0.6 is 0 Å². The summed E-state index contributed by atoms with van der Waals surface area (Å²) in [4.78, 5) is 2.28. The molecule has 0 spiro atoms. The molecular formula is C14H24N2O. The van der Waals surface area contributed by atoms with E-state index in [2.05, 4.69) is 36.3 Å². The third kappa shape index (κ3) is 6.41. The van der Waals surface area contributed by atoms with Crippen LogP contribution in [0.3, 0.4) is 0 Å². The molecule has 1 unspecified atom stereocenters. The SMILES string of the molecule is CNC(C)CN(C)CCOCc1ccccc1. The van der Waals surface area contributed by atoms with Gasteiger partial charge in [-0.25, -0.2) is 0 Å². The standard InChI is InChI=1S/C14H24N2O/c1-13(15-2)11-16(3)9-10-17-12-14-7-5-4-6-8-14/h4-8,13,15H,9-12H2,1-3H3. The highest BCUT2D eigenvalue weighted by Crippen LogP contribution is 2.00. The number of benzene rings is 1. The first-order valence-corrected chi connectivity index (χ1v) is 6.20. The Bertz CT molecular complexity index is 290. The minimum Gasteiger partial charge on any atom is -0.375 e. The first kappa shape index (κ1) is 14.2. The summed E-state index contributed by atoms with van der Waals surface area (Å²) >= 11 is 0. The molecule has 0 amide bonds. The fraction of sp³-hybridized carbons (Fsp3) is 0.571.